The molecule has 2 heterocycles. The Morgan fingerprint density at radius 3 is 2.74 bits per heavy atom. The summed E-state index contributed by atoms with van der Waals surface area (Å²) in [6.45, 7) is 1.85. The van der Waals surface area contributed by atoms with E-state index in [-0.39, 0.29) is 40.5 Å². The van der Waals surface area contributed by atoms with Gasteiger partial charge in [-0.15, -0.1) is 11.6 Å². The molecule has 27 heavy (non-hydrogen) atoms. The molecular formula is C17H15ClN8O. The number of benzene rings is 1. The van der Waals surface area contributed by atoms with Crippen molar-refractivity contribution in [3.05, 3.63) is 39.9 Å². The molecule has 1 aromatic carbocycles. The molecule has 9 nitrogen and oxygen atoms in total. The fraction of sp³-hybridized carbons (Fsp3) is 0.176. The number of aromatic hydroxyl groups is 1. The highest BCUT2D eigenvalue weighted by Crippen LogP contribution is 2.44. The average Bonchev–Trinajstić information content (AvgIpc) is 2.63. The van der Waals surface area contributed by atoms with Crippen LogP contribution in [-0.4, -0.2) is 16.1 Å². The quantitative estimate of drug-likeness (QED) is 0.297. The molecule has 0 amide bonds. The SMILES string of the molecule is Cc1cc(CCl)c(O)c(C2N=C(NC#N)Nc3nc(N)c(C#N)c(N)c32)c1. The first-order chi connectivity index (χ1) is 12.9. The summed E-state index contributed by atoms with van der Waals surface area (Å²) in [5, 5.41) is 34.2. The Kier molecular flexibility index (Phi) is 4.63. The number of phenols is 1. The van der Waals surface area contributed by atoms with E-state index in [2.05, 4.69) is 20.6 Å². The van der Waals surface area contributed by atoms with Crippen molar-refractivity contribution in [2.75, 3.05) is 16.8 Å². The molecule has 0 aliphatic carbocycles. The number of alkyl halides is 1. The van der Waals surface area contributed by atoms with Crippen molar-refractivity contribution in [1.82, 2.24) is 10.3 Å². The highest BCUT2D eigenvalue weighted by atomic mass is 35.5. The molecule has 0 bridgehead atoms. The van der Waals surface area contributed by atoms with Crippen LogP contribution >= 0.6 is 11.6 Å². The van der Waals surface area contributed by atoms with Crippen molar-refractivity contribution < 1.29 is 5.11 Å². The lowest BCUT2D eigenvalue weighted by molar-refractivity contribution is 0.460. The van der Waals surface area contributed by atoms with Gasteiger partial charge in [-0.25, -0.2) is 9.98 Å². The smallest absolute Gasteiger partial charge is 0.211 e. The molecule has 3 rings (SSSR count). The van der Waals surface area contributed by atoms with Crippen molar-refractivity contribution in [2.45, 2.75) is 18.8 Å². The fourth-order valence-corrected chi connectivity index (χ4v) is 3.20. The van der Waals surface area contributed by atoms with Crippen LogP contribution in [0.3, 0.4) is 0 Å². The average molecular weight is 383 g/mol. The maximum absolute atomic E-state index is 10.7. The van der Waals surface area contributed by atoms with Crippen LogP contribution in [0.2, 0.25) is 0 Å². The summed E-state index contributed by atoms with van der Waals surface area (Å²) >= 11 is 5.93. The van der Waals surface area contributed by atoms with Crippen LogP contribution in [0, 0.1) is 29.7 Å². The molecule has 0 saturated heterocycles. The number of pyridine rings is 1. The van der Waals surface area contributed by atoms with Gasteiger partial charge in [0.2, 0.25) is 5.96 Å². The molecule has 1 unspecified atom stereocenters. The second-order valence-corrected chi connectivity index (χ2v) is 6.16. The molecule has 1 aliphatic heterocycles. The van der Waals surface area contributed by atoms with E-state index >= 15 is 0 Å². The number of aryl methyl sites for hydroxylation is 1. The van der Waals surface area contributed by atoms with E-state index in [9.17, 15) is 10.4 Å². The lowest BCUT2D eigenvalue weighted by Gasteiger charge is -2.27. The molecule has 10 heteroatoms. The molecule has 0 spiro atoms. The van der Waals surface area contributed by atoms with E-state index in [1.54, 1.807) is 18.3 Å². The molecule has 136 valence electrons. The zero-order valence-corrected chi connectivity index (χ0v) is 15.0. The van der Waals surface area contributed by atoms with Crippen molar-refractivity contribution in [3.63, 3.8) is 0 Å². The van der Waals surface area contributed by atoms with Gasteiger partial charge in [-0.05, 0) is 13.0 Å². The van der Waals surface area contributed by atoms with E-state index in [1.165, 1.54) is 0 Å². The van der Waals surface area contributed by atoms with E-state index in [4.69, 9.17) is 28.3 Å². The third-order valence-corrected chi connectivity index (χ3v) is 4.45. The first kappa shape index (κ1) is 18.1. The first-order valence-corrected chi connectivity index (χ1v) is 8.31. The third-order valence-electron chi connectivity index (χ3n) is 4.16. The Labute approximate surface area is 159 Å². The summed E-state index contributed by atoms with van der Waals surface area (Å²) in [6, 6.07) is 4.61. The largest absolute Gasteiger partial charge is 0.507 e. The zero-order chi connectivity index (χ0) is 19.7. The molecular weight excluding hydrogens is 368 g/mol. The molecule has 7 N–H and O–H groups in total. The number of nitrogen functional groups attached to an aromatic ring is 2. The van der Waals surface area contributed by atoms with Gasteiger partial charge in [-0.2, -0.15) is 10.5 Å². The number of phenolic OH excluding ortho intramolecular Hbond substituents is 1. The van der Waals surface area contributed by atoms with Gasteiger partial charge in [0.15, 0.2) is 6.19 Å². The normalized spacial score (nSPS) is 15.0. The van der Waals surface area contributed by atoms with E-state index in [1.807, 2.05) is 13.0 Å². The van der Waals surface area contributed by atoms with Crippen molar-refractivity contribution in [2.24, 2.45) is 4.99 Å². The van der Waals surface area contributed by atoms with Gasteiger partial charge in [0.1, 0.15) is 35.1 Å². The number of guanidine groups is 1. The Balaban J connectivity index is 2.32. The standard InChI is InChI=1S/C17H15ClN8O/c1-7-2-8(4-18)14(27)9(3-7)13-11-12(21)10(5-19)15(22)25-16(11)26-17(24-13)23-6-20/h2-3,13,27H,4H2,1H3,(H6,21,22,23,24,25,26). The van der Waals surface area contributed by atoms with Crippen LogP contribution in [0.4, 0.5) is 17.3 Å². The lowest BCUT2D eigenvalue weighted by atomic mass is 9.92. The van der Waals surface area contributed by atoms with Crippen LogP contribution in [0.5, 0.6) is 5.75 Å². The highest BCUT2D eigenvalue weighted by molar-refractivity contribution is 6.17. The van der Waals surface area contributed by atoms with Gasteiger partial charge in [0.25, 0.3) is 0 Å². The number of halogens is 1. The highest BCUT2D eigenvalue weighted by Gasteiger charge is 2.31. The Morgan fingerprint density at radius 2 is 2.11 bits per heavy atom. The number of nitriles is 2. The lowest BCUT2D eigenvalue weighted by Crippen LogP contribution is -2.32. The second-order valence-electron chi connectivity index (χ2n) is 5.90. The topological polar surface area (TPSA) is 169 Å². The molecule has 2 aromatic rings. The van der Waals surface area contributed by atoms with Crippen LogP contribution in [0.25, 0.3) is 0 Å². The molecule has 1 atom stereocenters. The van der Waals surface area contributed by atoms with Crippen LogP contribution in [0.1, 0.15) is 33.9 Å². The molecule has 0 fully saturated rings. The summed E-state index contributed by atoms with van der Waals surface area (Å²) in [4.78, 5) is 8.60. The van der Waals surface area contributed by atoms with E-state index < -0.39 is 6.04 Å². The predicted octanol–water partition coefficient (Wildman–Crippen LogP) is 1.81. The minimum Gasteiger partial charge on any atom is -0.507 e. The number of aromatic nitrogens is 1. The molecule has 0 radical (unpaired) electrons. The number of nitrogens with two attached hydrogens (primary N) is 2. The Hall–Kier alpha value is -3.69. The Bertz CT molecular complexity index is 1050. The zero-order valence-electron chi connectivity index (χ0n) is 14.2. The summed E-state index contributed by atoms with van der Waals surface area (Å²) in [5.41, 5.74) is 14.3. The minimum atomic E-state index is -0.820. The Morgan fingerprint density at radius 1 is 1.37 bits per heavy atom. The number of nitrogens with zero attached hydrogens (tertiary/aromatic N) is 4. The summed E-state index contributed by atoms with van der Waals surface area (Å²) in [5.74, 6) is 0.371. The molecule has 1 aliphatic rings. The number of hydrogen-bond acceptors (Lipinski definition) is 9. The minimum absolute atomic E-state index is 0.0251. The number of nitrogens with one attached hydrogen (secondary N) is 2. The maximum Gasteiger partial charge on any atom is 0.211 e. The van der Waals surface area contributed by atoms with Crippen molar-refractivity contribution in [1.29, 1.82) is 10.5 Å². The van der Waals surface area contributed by atoms with Crippen molar-refractivity contribution in [3.8, 4) is 18.0 Å². The monoisotopic (exact) mass is 382 g/mol. The van der Waals surface area contributed by atoms with Crippen LogP contribution in [0.15, 0.2) is 17.1 Å². The number of anilines is 3. The van der Waals surface area contributed by atoms with Crippen LogP contribution in [-0.2, 0) is 5.88 Å². The summed E-state index contributed by atoms with van der Waals surface area (Å²) in [6.07, 6.45) is 1.77. The number of rotatable bonds is 2. The number of fused-ring (bicyclic) bond motifs is 1. The third kappa shape index (κ3) is 3.01. The molecule has 1 aromatic heterocycles. The van der Waals surface area contributed by atoms with Gasteiger partial charge in [0, 0.05) is 16.7 Å². The van der Waals surface area contributed by atoms with E-state index in [0.29, 0.717) is 16.7 Å². The predicted molar refractivity (Wildman–Crippen MR) is 102 cm³/mol. The van der Waals surface area contributed by atoms with Gasteiger partial charge in [-0.1, -0.05) is 11.6 Å². The number of aliphatic imine (C=N–C) groups is 1. The van der Waals surface area contributed by atoms with E-state index in [0.717, 1.165) is 5.56 Å². The first-order valence-electron chi connectivity index (χ1n) is 7.78. The summed E-state index contributed by atoms with van der Waals surface area (Å²) < 4.78 is 0. The van der Waals surface area contributed by atoms with Gasteiger partial charge >= 0.3 is 0 Å². The van der Waals surface area contributed by atoms with Crippen LogP contribution < -0.4 is 22.1 Å². The number of hydrogen-bond donors (Lipinski definition) is 5. The van der Waals surface area contributed by atoms with Gasteiger partial charge in [0.05, 0.1) is 11.6 Å². The molecule has 0 saturated carbocycles. The summed E-state index contributed by atoms with van der Waals surface area (Å²) in [7, 11) is 0. The second kappa shape index (κ2) is 6.90. The van der Waals surface area contributed by atoms with Gasteiger partial charge < -0.3 is 21.9 Å². The van der Waals surface area contributed by atoms with Crippen molar-refractivity contribution >= 4 is 34.9 Å². The van der Waals surface area contributed by atoms with Gasteiger partial charge in [-0.3, -0.25) is 5.32 Å². The maximum atomic E-state index is 10.7. The fourth-order valence-electron chi connectivity index (χ4n) is 3.00.